The molecule has 4 bridgehead atoms. The van der Waals surface area contributed by atoms with Crippen LogP contribution in [0.5, 0.6) is 0 Å². The molecule has 3 heterocycles. The summed E-state index contributed by atoms with van der Waals surface area (Å²) in [7, 11) is 0. The maximum atomic E-state index is 13.4. The number of hydrogen-bond donors (Lipinski definition) is 1. The number of fused-ring (bicyclic) bond motifs is 4. The van der Waals surface area contributed by atoms with Gasteiger partial charge in [-0.3, -0.25) is 9.59 Å². The van der Waals surface area contributed by atoms with Crippen molar-refractivity contribution in [2.45, 2.75) is 102 Å². The second-order valence-electron chi connectivity index (χ2n) is 11.3. The van der Waals surface area contributed by atoms with Crippen LogP contribution in [0.3, 0.4) is 0 Å². The standard InChI is InChI=1S/C27H34Cl2N2O9S2/c1-13-17(9-8-10-27(7,28)29)38-23(34)15-11-42-21(30-15)19(37-14(2)32)26(5,6)40-24(35)16-12-41-20(31-16)18(25(3,4)36)39-22(13)33/h11-13,17-19,36H,8-10H2,1-7H3/t13-,17?,18+,19+/m0/s1. The van der Waals surface area contributed by atoms with Gasteiger partial charge in [0, 0.05) is 17.7 Å². The van der Waals surface area contributed by atoms with Gasteiger partial charge in [0.1, 0.15) is 26.1 Å². The van der Waals surface area contributed by atoms with Gasteiger partial charge in [-0.25, -0.2) is 19.6 Å². The maximum Gasteiger partial charge on any atom is 0.358 e. The first-order valence-corrected chi connectivity index (χ1v) is 15.6. The third-order valence-corrected chi connectivity index (χ3v) is 8.50. The van der Waals surface area contributed by atoms with E-state index in [1.165, 1.54) is 52.3 Å². The normalized spacial score (nSPS) is 23.8. The molecule has 0 fully saturated rings. The Balaban J connectivity index is 2.09. The minimum Gasteiger partial charge on any atom is -0.457 e. The predicted octanol–water partition coefficient (Wildman–Crippen LogP) is 5.73. The Morgan fingerprint density at radius 3 is 2.19 bits per heavy atom. The molecule has 2 aromatic heterocycles. The summed E-state index contributed by atoms with van der Waals surface area (Å²) in [5.74, 6) is -4.08. The van der Waals surface area contributed by atoms with Crippen molar-refractivity contribution in [1.82, 2.24) is 9.97 Å². The lowest BCUT2D eigenvalue weighted by molar-refractivity contribution is -0.171. The number of ether oxygens (including phenoxy) is 4. The quantitative estimate of drug-likeness (QED) is 0.229. The van der Waals surface area contributed by atoms with Gasteiger partial charge in [0.05, 0.1) is 5.92 Å². The van der Waals surface area contributed by atoms with Crippen molar-refractivity contribution in [3.8, 4) is 0 Å². The van der Waals surface area contributed by atoms with Crippen LogP contribution in [-0.2, 0) is 28.5 Å². The molecule has 2 aromatic rings. The third kappa shape index (κ3) is 8.85. The zero-order valence-electron chi connectivity index (χ0n) is 24.3. The van der Waals surface area contributed by atoms with Crippen LogP contribution in [0.25, 0.3) is 0 Å². The zero-order chi connectivity index (χ0) is 31.6. The van der Waals surface area contributed by atoms with Crippen molar-refractivity contribution in [2.24, 2.45) is 5.92 Å². The molecule has 0 radical (unpaired) electrons. The number of aliphatic hydroxyl groups is 1. The first-order valence-electron chi connectivity index (χ1n) is 13.1. The van der Waals surface area contributed by atoms with Crippen molar-refractivity contribution in [2.75, 3.05) is 0 Å². The molecule has 0 saturated heterocycles. The van der Waals surface area contributed by atoms with Crippen molar-refractivity contribution in [3.63, 3.8) is 0 Å². The molecule has 1 unspecified atom stereocenters. The van der Waals surface area contributed by atoms with E-state index in [1.807, 2.05) is 0 Å². The number of aromatic nitrogens is 2. The number of carbonyl (C=O) groups is 4. The number of hydrogen-bond acceptors (Lipinski definition) is 13. The Morgan fingerprint density at radius 2 is 1.62 bits per heavy atom. The van der Waals surface area contributed by atoms with Crippen LogP contribution in [0, 0.1) is 5.92 Å². The van der Waals surface area contributed by atoms with Crippen LogP contribution in [0.1, 0.15) is 111 Å². The highest BCUT2D eigenvalue weighted by Gasteiger charge is 2.42. The van der Waals surface area contributed by atoms with Crippen LogP contribution in [0.2, 0.25) is 0 Å². The van der Waals surface area contributed by atoms with Crippen LogP contribution < -0.4 is 0 Å². The number of nitrogens with zero attached hydrogens (tertiary/aromatic N) is 2. The summed E-state index contributed by atoms with van der Waals surface area (Å²) in [6.45, 7) is 10.3. The zero-order valence-corrected chi connectivity index (χ0v) is 27.4. The largest absolute Gasteiger partial charge is 0.457 e. The van der Waals surface area contributed by atoms with E-state index in [0.717, 1.165) is 22.7 Å². The number of alkyl halides is 2. The van der Waals surface area contributed by atoms with Crippen LogP contribution >= 0.6 is 45.9 Å². The molecule has 42 heavy (non-hydrogen) atoms. The number of thiazole rings is 2. The highest BCUT2D eigenvalue weighted by atomic mass is 35.5. The van der Waals surface area contributed by atoms with Gasteiger partial charge in [-0.2, -0.15) is 0 Å². The summed E-state index contributed by atoms with van der Waals surface area (Å²) >= 11 is 14.2. The molecular weight excluding hydrogens is 631 g/mol. The van der Waals surface area contributed by atoms with E-state index in [4.69, 9.17) is 42.1 Å². The average molecular weight is 666 g/mol. The topological polar surface area (TPSA) is 151 Å². The molecule has 4 atom stereocenters. The van der Waals surface area contributed by atoms with Gasteiger partial charge in [0.2, 0.25) is 0 Å². The molecule has 3 rings (SSSR count). The first kappa shape index (κ1) is 34.2. The van der Waals surface area contributed by atoms with Crippen LogP contribution in [0.15, 0.2) is 10.8 Å². The monoisotopic (exact) mass is 664 g/mol. The van der Waals surface area contributed by atoms with Gasteiger partial charge in [-0.1, -0.05) is 0 Å². The SMILES string of the molecule is CC(=O)O[C@@H]1c2nc(cs2)C(=O)OC(CCCC(C)(Cl)Cl)[C@H](C)C(=O)O[C@@H](C(C)(C)O)c2nc(cs2)C(=O)OC1(C)C. The van der Waals surface area contributed by atoms with Gasteiger partial charge in [0.25, 0.3) is 0 Å². The summed E-state index contributed by atoms with van der Waals surface area (Å²) in [5.41, 5.74) is -3.25. The fourth-order valence-corrected chi connectivity index (χ4v) is 6.35. The van der Waals surface area contributed by atoms with E-state index >= 15 is 0 Å². The van der Waals surface area contributed by atoms with Gasteiger partial charge >= 0.3 is 23.9 Å². The molecule has 232 valence electrons. The van der Waals surface area contributed by atoms with Crippen LogP contribution in [-0.4, -0.2) is 60.6 Å². The fraction of sp³-hybridized carbons (Fsp3) is 0.630. The van der Waals surface area contributed by atoms with E-state index in [1.54, 1.807) is 6.92 Å². The predicted molar refractivity (Wildman–Crippen MR) is 156 cm³/mol. The van der Waals surface area contributed by atoms with Gasteiger partial charge < -0.3 is 24.1 Å². The molecule has 0 aromatic carbocycles. The smallest absolute Gasteiger partial charge is 0.358 e. The minimum atomic E-state index is -1.60. The highest BCUT2D eigenvalue weighted by molar-refractivity contribution is 7.10. The van der Waals surface area contributed by atoms with Crippen molar-refractivity contribution < 1.29 is 43.2 Å². The number of halogens is 2. The van der Waals surface area contributed by atoms with Gasteiger partial charge in [-0.15, -0.1) is 45.9 Å². The van der Waals surface area contributed by atoms with Crippen molar-refractivity contribution >= 4 is 69.8 Å². The van der Waals surface area contributed by atoms with E-state index in [-0.39, 0.29) is 27.8 Å². The molecule has 0 spiro atoms. The van der Waals surface area contributed by atoms with Crippen molar-refractivity contribution in [1.29, 1.82) is 0 Å². The number of cyclic esters (lactones) is 3. The molecule has 1 aliphatic heterocycles. The second kappa shape index (κ2) is 13.1. The third-order valence-electron chi connectivity index (χ3n) is 6.35. The molecule has 0 aliphatic carbocycles. The second-order valence-corrected chi connectivity index (χ2v) is 14.9. The molecule has 15 heteroatoms. The van der Waals surface area contributed by atoms with E-state index in [9.17, 15) is 24.3 Å². The lowest BCUT2D eigenvalue weighted by Gasteiger charge is -2.31. The summed E-state index contributed by atoms with van der Waals surface area (Å²) < 4.78 is 21.6. The van der Waals surface area contributed by atoms with E-state index in [0.29, 0.717) is 12.8 Å². The minimum absolute atomic E-state index is 0.0956. The lowest BCUT2D eigenvalue weighted by atomic mass is 9.97. The number of carbonyl (C=O) groups excluding carboxylic acids is 4. The number of esters is 4. The highest BCUT2D eigenvalue weighted by Crippen LogP contribution is 2.38. The first-order chi connectivity index (χ1) is 19.3. The molecule has 11 nitrogen and oxygen atoms in total. The molecule has 1 N–H and O–H groups in total. The Bertz CT molecular complexity index is 1310. The maximum absolute atomic E-state index is 13.4. The van der Waals surface area contributed by atoms with Gasteiger partial charge in [-0.05, 0) is 60.8 Å². The Kier molecular flexibility index (Phi) is 10.7. The summed E-state index contributed by atoms with van der Waals surface area (Å²) in [6.07, 6.45) is -2.42. The van der Waals surface area contributed by atoms with Crippen molar-refractivity contribution in [3.05, 3.63) is 32.2 Å². The molecular formula is C27H34Cl2N2O9S2. The number of rotatable bonds is 6. The molecule has 0 saturated carbocycles. The van der Waals surface area contributed by atoms with Gasteiger partial charge in [0.15, 0.2) is 29.2 Å². The fourth-order valence-electron chi connectivity index (χ4n) is 4.10. The van der Waals surface area contributed by atoms with E-state index < -0.39 is 63.6 Å². The van der Waals surface area contributed by atoms with E-state index in [2.05, 4.69) is 9.97 Å². The molecule has 0 amide bonds. The summed E-state index contributed by atoms with van der Waals surface area (Å²) in [4.78, 5) is 60.4. The Labute approximate surface area is 261 Å². The average Bonchev–Trinajstić information content (AvgIpc) is 3.52. The summed E-state index contributed by atoms with van der Waals surface area (Å²) in [6, 6.07) is 0. The molecule has 1 aliphatic rings. The Hall–Kier alpha value is -2.32. The Morgan fingerprint density at radius 1 is 1.05 bits per heavy atom. The lowest BCUT2D eigenvalue weighted by Crippen LogP contribution is -2.38. The summed E-state index contributed by atoms with van der Waals surface area (Å²) in [5, 5.41) is 14.0. The van der Waals surface area contributed by atoms with Crippen LogP contribution in [0.4, 0.5) is 0 Å².